The number of nitrogen functional groups attached to an aromatic ring is 1. The maximum atomic E-state index is 13.3. The molecule has 1 aliphatic rings. The second-order valence-corrected chi connectivity index (χ2v) is 10.9. The number of piperidine rings is 1. The number of benzene rings is 3. The van der Waals surface area contributed by atoms with E-state index in [9.17, 15) is 18.0 Å². The number of hydrogen-bond donors (Lipinski definition) is 4. The number of rotatable bonds is 9. The fourth-order valence-electron chi connectivity index (χ4n) is 4.46. The lowest BCUT2D eigenvalue weighted by Gasteiger charge is -2.31. The molecular weight excluding hydrogens is 490 g/mol. The highest BCUT2D eigenvalue weighted by atomic mass is 32.2. The highest BCUT2D eigenvalue weighted by Crippen LogP contribution is 2.19. The number of nitrogens with zero attached hydrogens (tertiary/aromatic N) is 1. The Morgan fingerprint density at radius 2 is 1.68 bits per heavy atom. The second kappa shape index (κ2) is 11.5. The van der Waals surface area contributed by atoms with Crippen LogP contribution in [-0.2, 0) is 26.0 Å². The van der Waals surface area contributed by atoms with E-state index in [2.05, 4.69) is 10.0 Å². The molecule has 0 aromatic heterocycles. The van der Waals surface area contributed by atoms with Crippen molar-refractivity contribution in [2.45, 2.75) is 36.6 Å². The van der Waals surface area contributed by atoms with Crippen molar-refractivity contribution in [1.29, 1.82) is 5.41 Å². The summed E-state index contributed by atoms with van der Waals surface area (Å²) in [6.07, 6.45) is 3.05. The number of carbonyl (C=O) groups is 2. The molecule has 37 heavy (non-hydrogen) atoms. The van der Waals surface area contributed by atoms with Crippen LogP contribution in [0.2, 0.25) is 0 Å². The van der Waals surface area contributed by atoms with E-state index in [1.54, 1.807) is 41.3 Å². The zero-order chi connectivity index (χ0) is 26.4. The molecule has 0 unspecified atom stereocenters. The summed E-state index contributed by atoms with van der Waals surface area (Å²) in [6, 6.07) is 18.3. The summed E-state index contributed by atoms with van der Waals surface area (Å²) in [7, 11) is -3.94. The maximum absolute atomic E-state index is 13.3. The lowest BCUT2D eigenvalue weighted by Crippen LogP contribution is -2.52. The average molecular weight is 522 g/mol. The summed E-state index contributed by atoms with van der Waals surface area (Å²) in [5.41, 5.74) is 6.86. The predicted octanol–water partition coefficient (Wildman–Crippen LogP) is 2.14. The van der Waals surface area contributed by atoms with E-state index in [-0.39, 0.29) is 23.1 Å². The van der Waals surface area contributed by atoms with Crippen molar-refractivity contribution in [3.8, 4) is 0 Å². The van der Waals surface area contributed by atoms with Crippen molar-refractivity contribution in [3.05, 3.63) is 77.9 Å². The minimum Gasteiger partial charge on any atom is -0.384 e. The third-order valence-electron chi connectivity index (χ3n) is 6.43. The molecule has 0 aliphatic carbocycles. The molecule has 1 aliphatic heterocycles. The van der Waals surface area contributed by atoms with Crippen molar-refractivity contribution in [3.63, 3.8) is 0 Å². The third kappa shape index (κ3) is 6.72. The molecule has 1 fully saturated rings. The van der Waals surface area contributed by atoms with E-state index in [0.29, 0.717) is 18.7 Å². The lowest BCUT2D eigenvalue weighted by molar-refractivity contribution is -0.137. The Bertz CT molecular complexity index is 1420. The summed E-state index contributed by atoms with van der Waals surface area (Å²) >= 11 is 0. The Morgan fingerprint density at radius 3 is 2.41 bits per heavy atom. The first kappa shape index (κ1) is 26.3. The molecule has 0 spiro atoms. The number of hydrogen-bond acceptors (Lipinski definition) is 5. The smallest absolute Gasteiger partial charge is 0.245 e. The highest BCUT2D eigenvalue weighted by molar-refractivity contribution is 7.89. The van der Waals surface area contributed by atoms with Gasteiger partial charge in [-0.1, -0.05) is 48.5 Å². The molecule has 3 aromatic carbocycles. The molecule has 10 heteroatoms. The normalized spacial score (nSPS) is 14.8. The minimum absolute atomic E-state index is 0.0565. The van der Waals surface area contributed by atoms with Crippen molar-refractivity contribution < 1.29 is 18.0 Å². The molecule has 1 heterocycles. The van der Waals surface area contributed by atoms with Crippen molar-refractivity contribution in [2.24, 2.45) is 5.73 Å². The van der Waals surface area contributed by atoms with Gasteiger partial charge in [0.2, 0.25) is 21.8 Å². The van der Waals surface area contributed by atoms with Gasteiger partial charge >= 0.3 is 0 Å². The Labute approximate surface area is 216 Å². The fraction of sp³-hybridized carbons (Fsp3) is 0.296. The second-order valence-electron chi connectivity index (χ2n) is 9.16. The molecule has 9 nitrogen and oxygen atoms in total. The molecule has 0 saturated carbocycles. The van der Waals surface area contributed by atoms with Gasteiger partial charge in [0, 0.05) is 25.1 Å². The Morgan fingerprint density at radius 1 is 0.946 bits per heavy atom. The van der Waals surface area contributed by atoms with Crippen molar-refractivity contribution >= 4 is 38.4 Å². The SMILES string of the molecule is N=C(N)c1cccc(C[C@@H](NC(=O)CNS(=O)(=O)c2ccc3ccccc3c2)C(=O)N2CCCCC2)c1. The quantitative estimate of drug-likeness (QED) is 0.252. The van der Waals surface area contributed by atoms with Crippen LogP contribution < -0.4 is 15.8 Å². The van der Waals surface area contributed by atoms with Crippen LogP contribution in [0.25, 0.3) is 10.8 Å². The molecule has 4 rings (SSSR count). The van der Waals surface area contributed by atoms with E-state index in [0.717, 1.165) is 35.6 Å². The lowest BCUT2D eigenvalue weighted by atomic mass is 10.0. The number of carbonyl (C=O) groups excluding carboxylic acids is 2. The summed E-state index contributed by atoms with van der Waals surface area (Å²) in [6.45, 7) is 0.729. The average Bonchev–Trinajstić information content (AvgIpc) is 2.91. The number of fused-ring (bicyclic) bond motifs is 1. The summed E-state index contributed by atoms with van der Waals surface area (Å²) < 4.78 is 28.0. The highest BCUT2D eigenvalue weighted by Gasteiger charge is 2.28. The molecule has 2 amide bonds. The summed E-state index contributed by atoms with van der Waals surface area (Å²) in [5.74, 6) is -0.908. The number of sulfonamides is 1. The first-order chi connectivity index (χ1) is 17.7. The molecule has 194 valence electrons. The van der Waals surface area contributed by atoms with Gasteiger partial charge in [0.15, 0.2) is 0 Å². The molecule has 0 radical (unpaired) electrons. The van der Waals surface area contributed by atoms with Crippen LogP contribution in [-0.4, -0.2) is 56.6 Å². The predicted molar refractivity (Wildman–Crippen MR) is 143 cm³/mol. The fourth-order valence-corrected chi connectivity index (χ4v) is 5.48. The van der Waals surface area contributed by atoms with E-state index < -0.39 is 28.5 Å². The van der Waals surface area contributed by atoms with Crippen LogP contribution in [0.15, 0.2) is 71.6 Å². The van der Waals surface area contributed by atoms with Gasteiger partial charge in [-0.15, -0.1) is 0 Å². The van der Waals surface area contributed by atoms with Gasteiger partial charge in [0.05, 0.1) is 11.4 Å². The Hall–Kier alpha value is -3.76. The monoisotopic (exact) mass is 521 g/mol. The molecular formula is C27H31N5O4S. The van der Waals surface area contributed by atoms with Gasteiger partial charge in [-0.25, -0.2) is 13.1 Å². The van der Waals surface area contributed by atoms with Crippen molar-refractivity contribution in [2.75, 3.05) is 19.6 Å². The van der Waals surface area contributed by atoms with Gasteiger partial charge in [0.25, 0.3) is 0 Å². The Kier molecular flexibility index (Phi) is 8.20. The van der Waals surface area contributed by atoms with E-state index in [1.165, 1.54) is 6.07 Å². The molecule has 0 bridgehead atoms. The first-order valence-corrected chi connectivity index (χ1v) is 13.7. The first-order valence-electron chi connectivity index (χ1n) is 12.2. The van der Waals surface area contributed by atoms with Gasteiger partial charge in [0.1, 0.15) is 11.9 Å². The summed E-state index contributed by atoms with van der Waals surface area (Å²) in [5, 5.41) is 12.1. The topological polar surface area (TPSA) is 145 Å². The zero-order valence-electron chi connectivity index (χ0n) is 20.4. The van der Waals surface area contributed by atoms with Crippen LogP contribution in [0.3, 0.4) is 0 Å². The number of nitrogens with two attached hydrogens (primary N) is 1. The Balaban J connectivity index is 1.46. The molecule has 3 aromatic rings. The zero-order valence-corrected chi connectivity index (χ0v) is 21.3. The standard InChI is InChI=1S/C27H31N5O4S/c28-26(29)22-10-6-7-19(15-22)16-24(27(34)32-13-4-1-5-14-32)31-25(33)18-30-37(35,36)23-12-11-20-8-2-3-9-21(20)17-23/h2-3,6-12,15,17,24,30H,1,4-5,13-14,16,18H2,(H3,28,29)(H,31,33)/t24-/m1/s1. The number of nitrogens with one attached hydrogen (secondary N) is 3. The maximum Gasteiger partial charge on any atom is 0.245 e. The third-order valence-corrected chi connectivity index (χ3v) is 7.83. The van der Waals surface area contributed by atoms with E-state index in [1.807, 2.05) is 24.3 Å². The largest absolute Gasteiger partial charge is 0.384 e. The van der Waals surface area contributed by atoms with Gasteiger partial charge in [-0.2, -0.15) is 0 Å². The van der Waals surface area contributed by atoms with E-state index >= 15 is 0 Å². The van der Waals surface area contributed by atoms with Crippen LogP contribution in [0.5, 0.6) is 0 Å². The van der Waals surface area contributed by atoms with Crippen LogP contribution in [0, 0.1) is 5.41 Å². The van der Waals surface area contributed by atoms with Crippen LogP contribution in [0.4, 0.5) is 0 Å². The molecule has 1 atom stereocenters. The summed E-state index contributed by atoms with van der Waals surface area (Å²) in [4.78, 5) is 27.9. The molecule has 5 N–H and O–H groups in total. The number of likely N-dealkylation sites (tertiary alicyclic amines) is 1. The number of amidine groups is 1. The minimum atomic E-state index is -3.94. The van der Waals surface area contributed by atoms with Gasteiger partial charge in [-0.3, -0.25) is 15.0 Å². The number of amides is 2. The van der Waals surface area contributed by atoms with Gasteiger partial charge in [-0.05, 0) is 53.8 Å². The van der Waals surface area contributed by atoms with Crippen molar-refractivity contribution in [1.82, 2.24) is 14.9 Å². The van der Waals surface area contributed by atoms with Crippen LogP contribution >= 0.6 is 0 Å². The molecule has 1 saturated heterocycles. The van der Waals surface area contributed by atoms with E-state index in [4.69, 9.17) is 11.1 Å². The van der Waals surface area contributed by atoms with Gasteiger partial charge < -0.3 is 16.0 Å². The van der Waals surface area contributed by atoms with Crippen LogP contribution in [0.1, 0.15) is 30.4 Å².